The smallest absolute Gasteiger partial charge is 0.211 e. The number of hydrogen-bond acceptors (Lipinski definition) is 5. The van der Waals surface area contributed by atoms with E-state index in [-0.39, 0.29) is 35.7 Å². The van der Waals surface area contributed by atoms with E-state index >= 15 is 0 Å². The molecule has 0 saturated carbocycles. The zero-order chi connectivity index (χ0) is 17.7. The molecular weight excluding hydrogens is 337 g/mol. The topological polar surface area (TPSA) is 81.7 Å². The molecule has 0 amide bonds. The summed E-state index contributed by atoms with van der Waals surface area (Å²) in [5.41, 5.74) is 0.0110. The average Bonchev–Trinajstić information content (AvgIpc) is 2.53. The number of Topliss-reactive ketones (excluding diaryl/α,β-unsaturated/α-hetero) is 1. The standard InChI is InChI=1S/C16H22FNO5S/c1-3-24(20,21)18-16-6-7-22-9-12(16)10-23-13-4-5-14(11(2)19)15(17)8-13/h4-5,8,12,16,18H,3,6-7,9-10H2,1-2H3. The van der Waals surface area contributed by atoms with Gasteiger partial charge in [-0.3, -0.25) is 4.79 Å². The molecule has 1 aromatic rings. The minimum absolute atomic E-state index is 0.00958. The first kappa shape index (κ1) is 18.8. The summed E-state index contributed by atoms with van der Waals surface area (Å²) < 4.78 is 50.9. The van der Waals surface area contributed by atoms with Crippen LogP contribution in [0.5, 0.6) is 5.75 Å². The van der Waals surface area contributed by atoms with Gasteiger partial charge in [0.15, 0.2) is 5.78 Å². The van der Waals surface area contributed by atoms with Crippen molar-refractivity contribution in [3.63, 3.8) is 0 Å². The molecule has 1 aromatic carbocycles. The molecule has 1 fully saturated rings. The van der Waals surface area contributed by atoms with Crippen LogP contribution in [-0.2, 0) is 14.8 Å². The third-order valence-electron chi connectivity index (χ3n) is 3.97. The summed E-state index contributed by atoms with van der Waals surface area (Å²) in [5.74, 6) is -0.858. The van der Waals surface area contributed by atoms with Crippen LogP contribution in [0.1, 0.15) is 30.6 Å². The van der Waals surface area contributed by atoms with E-state index in [1.54, 1.807) is 6.92 Å². The van der Waals surface area contributed by atoms with Crippen molar-refractivity contribution < 1.29 is 27.1 Å². The van der Waals surface area contributed by atoms with Crippen LogP contribution in [0.3, 0.4) is 0 Å². The summed E-state index contributed by atoms with van der Waals surface area (Å²) in [5, 5.41) is 0. The van der Waals surface area contributed by atoms with Gasteiger partial charge in [-0.2, -0.15) is 0 Å². The maximum atomic E-state index is 13.8. The van der Waals surface area contributed by atoms with E-state index in [4.69, 9.17) is 9.47 Å². The number of nitrogens with one attached hydrogen (secondary N) is 1. The number of sulfonamides is 1. The lowest BCUT2D eigenvalue weighted by Crippen LogP contribution is -2.47. The van der Waals surface area contributed by atoms with Gasteiger partial charge >= 0.3 is 0 Å². The average molecular weight is 359 g/mol. The Morgan fingerprint density at radius 2 is 2.21 bits per heavy atom. The lowest BCUT2D eigenvalue weighted by atomic mass is 9.98. The van der Waals surface area contributed by atoms with Crippen molar-refractivity contribution in [1.29, 1.82) is 0 Å². The molecular formula is C16H22FNO5S. The number of carbonyl (C=O) groups excluding carboxylic acids is 1. The first-order valence-electron chi connectivity index (χ1n) is 7.83. The van der Waals surface area contributed by atoms with Gasteiger partial charge in [-0.1, -0.05) is 0 Å². The Balaban J connectivity index is 2.01. The van der Waals surface area contributed by atoms with Crippen LogP contribution in [0, 0.1) is 11.7 Å². The maximum absolute atomic E-state index is 13.8. The van der Waals surface area contributed by atoms with E-state index in [9.17, 15) is 17.6 Å². The Morgan fingerprint density at radius 1 is 1.46 bits per heavy atom. The predicted octanol–water partition coefficient (Wildman–Crippen LogP) is 1.75. The van der Waals surface area contributed by atoms with E-state index in [0.29, 0.717) is 25.4 Å². The molecule has 1 aliphatic heterocycles. The molecule has 1 heterocycles. The summed E-state index contributed by atoms with van der Waals surface area (Å²) in [4.78, 5) is 11.2. The lowest BCUT2D eigenvalue weighted by molar-refractivity contribution is 0.0186. The Hall–Kier alpha value is -1.51. The van der Waals surface area contributed by atoms with Gasteiger partial charge in [0.05, 0.1) is 24.5 Å². The van der Waals surface area contributed by atoms with Crippen LogP contribution in [0.2, 0.25) is 0 Å². The molecule has 8 heteroatoms. The van der Waals surface area contributed by atoms with Crippen LogP contribution in [-0.4, -0.2) is 45.8 Å². The highest BCUT2D eigenvalue weighted by Crippen LogP contribution is 2.21. The van der Waals surface area contributed by atoms with E-state index in [2.05, 4.69) is 4.72 Å². The van der Waals surface area contributed by atoms with Gasteiger partial charge < -0.3 is 9.47 Å². The van der Waals surface area contributed by atoms with Crippen molar-refractivity contribution in [2.24, 2.45) is 5.92 Å². The minimum Gasteiger partial charge on any atom is -0.493 e. The zero-order valence-electron chi connectivity index (χ0n) is 13.7. The molecule has 1 N–H and O–H groups in total. The number of carbonyl (C=O) groups is 1. The molecule has 6 nitrogen and oxygen atoms in total. The van der Waals surface area contributed by atoms with Gasteiger partial charge in [0.1, 0.15) is 11.6 Å². The van der Waals surface area contributed by atoms with Gasteiger partial charge in [-0.15, -0.1) is 0 Å². The number of hydrogen-bond donors (Lipinski definition) is 1. The molecule has 0 aromatic heterocycles. The monoisotopic (exact) mass is 359 g/mol. The van der Waals surface area contributed by atoms with E-state index in [0.717, 1.165) is 6.07 Å². The van der Waals surface area contributed by atoms with E-state index in [1.807, 2.05) is 0 Å². The van der Waals surface area contributed by atoms with E-state index < -0.39 is 15.8 Å². The van der Waals surface area contributed by atoms with Crippen LogP contribution >= 0.6 is 0 Å². The van der Waals surface area contributed by atoms with Crippen molar-refractivity contribution in [3.05, 3.63) is 29.6 Å². The molecule has 2 unspecified atom stereocenters. The fraction of sp³-hybridized carbons (Fsp3) is 0.562. The molecule has 134 valence electrons. The fourth-order valence-electron chi connectivity index (χ4n) is 2.50. The Kier molecular flexibility index (Phi) is 6.31. The second kappa shape index (κ2) is 8.04. The quantitative estimate of drug-likeness (QED) is 0.750. The van der Waals surface area contributed by atoms with Gasteiger partial charge in [-0.25, -0.2) is 17.5 Å². The van der Waals surface area contributed by atoms with Crippen molar-refractivity contribution in [3.8, 4) is 5.75 Å². The van der Waals surface area contributed by atoms with Gasteiger partial charge in [0, 0.05) is 24.6 Å². The third-order valence-corrected chi connectivity index (χ3v) is 5.39. The molecule has 24 heavy (non-hydrogen) atoms. The summed E-state index contributed by atoms with van der Waals surface area (Å²) >= 11 is 0. The number of rotatable bonds is 7. The van der Waals surface area contributed by atoms with Crippen molar-refractivity contribution >= 4 is 15.8 Å². The van der Waals surface area contributed by atoms with Crippen molar-refractivity contribution in [2.75, 3.05) is 25.6 Å². The fourth-order valence-corrected chi connectivity index (χ4v) is 3.44. The van der Waals surface area contributed by atoms with Crippen LogP contribution in [0.25, 0.3) is 0 Å². The van der Waals surface area contributed by atoms with E-state index in [1.165, 1.54) is 19.1 Å². The molecule has 0 bridgehead atoms. The number of ether oxygens (including phenoxy) is 2. The molecule has 2 atom stereocenters. The lowest BCUT2D eigenvalue weighted by Gasteiger charge is -2.31. The molecule has 2 rings (SSSR count). The number of ketones is 1. The summed E-state index contributed by atoms with van der Waals surface area (Å²) in [6, 6.07) is 3.78. The SMILES string of the molecule is CCS(=O)(=O)NC1CCOCC1COc1ccc(C(C)=O)c(F)c1. The highest BCUT2D eigenvalue weighted by Gasteiger charge is 2.29. The molecule has 1 saturated heterocycles. The van der Waals surface area contributed by atoms with Gasteiger partial charge in [0.25, 0.3) is 0 Å². The van der Waals surface area contributed by atoms with Gasteiger partial charge in [0.2, 0.25) is 10.0 Å². The van der Waals surface area contributed by atoms with Crippen LogP contribution in [0.4, 0.5) is 4.39 Å². The normalized spacial score (nSPS) is 21.5. The third kappa shape index (κ3) is 4.99. The predicted molar refractivity (Wildman–Crippen MR) is 87.2 cm³/mol. The van der Waals surface area contributed by atoms with Crippen molar-refractivity contribution in [1.82, 2.24) is 4.72 Å². The van der Waals surface area contributed by atoms with Crippen LogP contribution in [0.15, 0.2) is 18.2 Å². The molecule has 0 spiro atoms. The maximum Gasteiger partial charge on any atom is 0.211 e. The molecule has 0 radical (unpaired) electrons. The molecule has 1 aliphatic rings. The first-order valence-corrected chi connectivity index (χ1v) is 9.48. The second-order valence-electron chi connectivity index (χ2n) is 5.76. The zero-order valence-corrected chi connectivity index (χ0v) is 14.6. The highest BCUT2D eigenvalue weighted by atomic mass is 32.2. The largest absolute Gasteiger partial charge is 0.493 e. The number of halogens is 1. The summed E-state index contributed by atoms with van der Waals surface area (Å²) in [7, 11) is -3.32. The molecule has 0 aliphatic carbocycles. The Morgan fingerprint density at radius 3 is 2.83 bits per heavy atom. The van der Waals surface area contributed by atoms with Gasteiger partial charge in [-0.05, 0) is 32.4 Å². The Labute approximate surface area is 141 Å². The summed E-state index contributed by atoms with van der Waals surface area (Å²) in [6.45, 7) is 3.91. The van der Waals surface area contributed by atoms with Crippen LogP contribution < -0.4 is 9.46 Å². The summed E-state index contributed by atoms with van der Waals surface area (Å²) in [6.07, 6.45) is 0.560. The Bertz CT molecular complexity index is 692. The van der Waals surface area contributed by atoms with Crippen molar-refractivity contribution in [2.45, 2.75) is 26.3 Å². The second-order valence-corrected chi connectivity index (χ2v) is 7.80. The number of benzene rings is 1. The first-order chi connectivity index (χ1) is 11.3. The minimum atomic E-state index is -3.32. The highest BCUT2D eigenvalue weighted by molar-refractivity contribution is 7.89.